The molecule has 2 rings (SSSR count). The van der Waals surface area contributed by atoms with Crippen molar-refractivity contribution in [1.29, 1.82) is 0 Å². The molecule has 6 heteroatoms. The van der Waals surface area contributed by atoms with Crippen molar-refractivity contribution in [2.75, 3.05) is 11.9 Å². The Morgan fingerprint density at radius 2 is 2.47 bits per heavy atom. The van der Waals surface area contributed by atoms with Gasteiger partial charge < -0.3 is 10.1 Å². The molecule has 0 aliphatic carbocycles. The molecule has 5 nitrogen and oxygen atoms in total. The molecule has 0 aromatic carbocycles. The van der Waals surface area contributed by atoms with Gasteiger partial charge in [0.2, 0.25) is 0 Å². The fraction of sp³-hybridized carbons (Fsp3) is 0.182. The standard InChI is InChI=1S/C11H11N3O2S/c1-2-16-11(15)9-10(17-7-13-9)14-8-4-3-5-12-6-8/h3-7,14H,2H2,1H3. The Morgan fingerprint density at radius 1 is 1.59 bits per heavy atom. The third kappa shape index (κ3) is 2.79. The van der Waals surface area contributed by atoms with Gasteiger partial charge in [-0.3, -0.25) is 4.98 Å². The first-order valence-electron chi connectivity index (χ1n) is 5.09. The number of anilines is 2. The Bertz CT molecular complexity index is 498. The number of esters is 1. The number of ether oxygens (including phenoxy) is 1. The van der Waals surface area contributed by atoms with Gasteiger partial charge in [-0.15, -0.1) is 11.3 Å². The van der Waals surface area contributed by atoms with Gasteiger partial charge in [0, 0.05) is 6.20 Å². The quantitative estimate of drug-likeness (QED) is 0.843. The second kappa shape index (κ2) is 5.40. The van der Waals surface area contributed by atoms with E-state index < -0.39 is 5.97 Å². The topological polar surface area (TPSA) is 64.1 Å². The van der Waals surface area contributed by atoms with Gasteiger partial charge in [0.25, 0.3) is 0 Å². The smallest absolute Gasteiger partial charge is 0.360 e. The van der Waals surface area contributed by atoms with E-state index in [9.17, 15) is 4.79 Å². The van der Waals surface area contributed by atoms with Crippen LogP contribution in [0.1, 0.15) is 17.4 Å². The summed E-state index contributed by atoms with van der Waals surface area (Å²) >= 11 is 1.35. The average Bonchev–Trinajstić information content (AvgIpc) is 2.79. The third-order valence-corrected chi connectivity index (χ3v) is 2.70. The lowest BCUT2D eigenvalue weighted by Crippen LogP contribution is -2.07. The number of nitrogens with one attached hydrogen (secondary N) is 1. The maximum absolute atomic E-state index is 11.6. The highest BCUT2D eigenvalue weighted by atomic mass is 32.1. The summed E-state index contributed by atoms with van der Waals surface area (Å²) in [6.07, 6.45) is 3.36. The Balaban J connectivity index is 2.17. The molecule has 2 aromatic rings. The third-order valence-electron chi connectivity index (χ3n) is 1.96. The van der Waals surface area contributed by atoms with Gasteiger partial charge in [-0.2, -0.15) is 0 Å². The van der Waals surface area contributed by atoms with Crippen LogP contribution in [0.5, 0.6) is 0 Å². The Kier molecular flexibility index (Phi) is 3.66. The minimum absolute atomic E-state index is 0.306. The van der Waals surface area contributed by atoms with Gasteiger partial charge in [-0.1, -0.05) is 0 Å². The molecule has 0 aliphatic heterocycles. The van der Waals surface area contributed by atoms with Gasteiger partial charge in [0.1, 0.15) is 5.00 Å². The van der Waals surface area contributed by atoms with E-state index in [-0.39, 0.29) is 0 Å². The number of pyridine rings is 1. The molecule has 0 amide bonds. The molecule has 0 saturated heterocycles. The highest BCUT2D eigenvalue weighted by Crippen LogP contribution is 2.24. The van der Waals surface area contributed by atoms with Crippen molar-refractivity contribution < 1.29 is 9.53 Å². The maximum atomic E-state index is 11.6. The summed E-state index contributed by atoms with van der Waals surface area (Å²) in [7, 11) is 0. The van der Waals surface area contributed by atoms with E-state index in [1.54, 1.807) is 24.8 Å². The van der Waals surface area contributed by atoms with Gasteiger partial charge in [-0.25, -0.2) is 9.78 Å². The number of hydrogen-bond acceptors (Lipinski definition) is 6. The summed E-state index contributed by atoms with van der Waals surface area (Å²) in [4.78, 5) is 19.6. The number of carbonyl (C=O) groups excluding carboxylic acids is 1. The molecule has 0 saturated carbocycles. The predicted molar refractivity (Wildman–Crippen MR) is 65.6 cm³/mol. The summed E-state index contributed by atoms with van der Waals surface area (Å²) in [5.41, 5.74) is 2.72. The minimum Gasteiger partial charge on any atom is -0.461 e. The van der Waals surface area contributed by atoms with E-state index >= 15 is 0 Å². The van der Waals surface area contributed by atoms with Crippen molar-refractivity contribution in [2.45, 2.75) is 6.92 Å². The number of carbonyl (C=O) groups is 1. The fourth-order valence-corrected chi connectivity index (χ4v) is 1.94. The van der Waals surface area contributed by atoms with Crippen LogP contribution in [0.4, 0.5) is 10.7 Å². The van der Waals surface area contributed by atoms with Crippen LogP contribution in [0, 0.1) is 0 Å². The number of aromatic nitrogens is 2. The van der Waals surface area contributed by atoms with Crippen molar-refractivity contribution >= 4 is 28.0 Å². The molecule has 0 radical (unpaired) electrons. The van der Waals surface area contributed by atoms with Crippen LogP contribution < -0.4 is 5.32 Å². The van der Waals surface area contributed by atoms with Crippen LogP contribution >= 0.6 is 11.3 Å². The van der Waals surface area contributed by atoms with Crippen molar-refractivity contribution in [2.24, 2.45) is 0 Å². The van der Waals surface area contributed by atoms with Crippen LogP contribution in [0.15, 0.2) is 30.0 Å². The second-order valence-corrected chi connectivity index (χ2v) is 3.97. The summed E-state index contributed by atoms with van der Waals surface area (Å²) in [5.74, 6) is -0.417. The molecular weight excluding hydrogens is 238 g/mol. The Hall–Kier alpha value is -1.95. The van der Waals surface area contributed by atoms with E-state index in [1.165, 1.54) is 11.3 Å². The van der Waals surface area contributed by atoms with Crippen LogP contribution in [0.3, 0.4) is 0 Å². The molecular formula is C11H11N3O2S. The largest absolute Gasteiger partial charge is 0.461 e. The lowest BCUT2D eigenvalue weighted by Gasteiger charge is -2.04. The lowest BCUT2D eigenvalue weighted by atomic mass is 10.4. The second-order valence-electron chi connectivity index (χ2n) is 3.12. The zero-order valence-electron chi connectivity index (χ0n) is 9.21. The predicted octanol–water partition coefficient (Wildman–Crippen LogP) is 2.46. The number of rotatable bonds is 4. The van der Waals surface area contributed by atoms with Crippen LogP contribution in [-0.4, -0.2) is 22.5 Å². The first kappa shape index (κ1) is 11.5. The molecule has 0 unspecified atom stereocenters. The van der Waals surface area contributed by atoms with E-state index in [2.05, 4.69) is 15.3 Å². The maximum Gasteiger partial charge on any atom is 0.360 e. The van der Waals surface area contributed by atoms with Crippen LogP contribution in [0.25, 0.3) is 0 Å². The van der Waals surface area contributed by atoms with Gasteiger partial charge >= 0.3 is 5.97 Å². The van der Waals surface area contributed by atoms with Gasteiger partial charge in [-0.05, 0) is 19.1 Å². The normalized spacial score (nSPS) is 9.94. The monoisotopic (exact) mass is 249 g/mol. The molecule has 0 atom stereocenters. The molecule has 0 fully saturated rings. The Labute approximate surface area is 102 Å². The minimum atomic E-state index is -0.417. The summed E-state index contributed by atoms with van der Waals surface area (Å²) in [6, 6.07) is 3.68. The van der Waals surface area contributed by atoms with Gasteiger partial charge in [0.05, 0.1) is 24.0 Å². The molecule has 0 bridgehead atoms. The lowest BCUT2D eigenvalue weighted by molar-refractivity contribution is 0.0521. The first-order valence-corrected chi connectivity index (χ1v) is 5.97. The molecule has 2 aromatic heterocycles. The van der Waals surface area contributed by atoms with Crippen LogP contribution in [-0.2, 0) is 4.74 Å². The van der Waals surface area contributed by atoms with Crippen molar-refractivity contribution in [3.05, 3.63) is 35.7 Å². The van der Waals surface area contributed by atoms with Crippen molar-refractivity contribution in [3.63, 3.8) is 0 Å². The average molecular weight is 249 g/mol. The molecule has 1 N–H and O–H groups in total. The number of thiazole rings is 1. The molecule has 0 spiro atoms. The zero-order chi connectivity index (χ0) is 12.1. The molecule has 17 heavy (non-hydrogen) atoms. The zero-order valence-corrected chi connectivity index (χ0v) is 10.0. The summed E-state index contributed by atoms with van der Waals surface area (Å²) < 4.78 is 4.91. The van der Waals surface area contributed by atoms with Crippen molar-refractivity contribution in [1.82, 2.24) is 9.97 Å². The summed E-state index contributed by atoms with van der Waals surface area (Å²) in [5, 5.41) is 3.75. The fourth-order valence-electron chi connectivity index (χ4n) is 1.25. The number of hydrogen-bond donors (Lipinski definition) is 1. The van der Waals surface area contributed by atoms with E-state index in [1.807, 2.05) is 12.1 Å². The summed E-state index contributed by atoms with van der Waals surface area (Å²) in [6.45, 7) is 2.10. The highest BCUT2D eigenvalue weighted by molar-refractivity contribution is 7.14. The van der Waals surface area contributed by atoms with Gasteiger partial charge in [0.15, 0.2) is 5.69 Å². The first-order chi connectivity index (χ1) is 8.31. The molecule has 2 heterocycles. The van der Waals surface area contributed by atoms with Crippen molar-refractivity contribution in [3.8, 4) is 0 Å². The Morgan fingerprint density at radius 3 is 3.18 bits per heavy atom. The van der Waals surface area contributed by atoms with Crippen LogP contribution in [0.2, 0.25) is 0 Å². The molecule has 88 valence electrons. The highest BCUT2D eigenvalue weighted by Gasteiger charge is 2.15. The SMILES string of the molecule is CCOC(=O)c1ncsc1Nc1cccnc1. The van der Waals surface area contributed by atoms with E-state index in [0.29, 0.717) is 17.3 Å². The van der Waals surface area contributed by atoms with E-state index in [4.69, 9.17) is 4.74 Å². The molecule has 0 aliphatic rings. The number of nitrogens with zero attached hydrogens (tertiary/aromatic N) is 2. The van der Waals surface area contributed by atoms with E-state index in [0.717, 1.165) is 5.69 Å².